The SMILES string of the molecule is O=C(NC1CCc2c(Cl)cccc21)c1n[nH]c2c1CNCC2. The molecule has 0 saturated heterocycles. The topological polar surface area (TPSA) is 69.8 Å². The van der Waals surface area contributed by atoms with Crippen LogP contribution < -0.4 is 10.6 Å². The van der Waals surface area contributed by atoms with E-state index in [2.05, 4.69) is 20.8 Å². The number of fused-ring (bicyclic) bond motifs is 2. The molecule has 5 nitrogen and oxygen atoms in total. The van der Waals surface area contributed by atoms with Crippen molar-refractivity contribution in [2.24, 2.45) is 0 Å². The van der Waals surface area contributed by atoms with Gasteiger partial charge in [-0.2, -0.15) is 5.10 Å². The quantitative estimate of drug-likeness (QED) is 0.795. The zero-order valence-electron chi connectivity index (χ0n) is 12.1. The first-order valence-corrected chi connectivity index (χ1v) is 7.97. The van der Waals surface area contributed by atoms with E-state index < -0.39 is 0 Å². The Morgan fingerprint density at radius 2 is 2.23 bits per heavy atom. The van der Waals surface area contributed by atoms with Crippen molar-refractivity contribution in [1.82, 2.24) is 20.8 Å². The summed E-state index contributed by atoms with van der Waals surface area (Å²) in [6.45, 7) is 1.62. The third kappa shape index (κ3) is 2.21. The first-order valence-electron chi connectivity index (χ1n) is 7.59. The maximum atomic E-state index is 12.6. The number of hydrogen-bond acceptors (Lipinski definition) is 3. The van der Waals surface area contributed by atoms with Crippen molar-refractivity contribution in [2.45, 2.75) is 31.8 Å². The standard InChI is InChI=1S/C16H17ClN4O/c17-12-3-1-2-10-9(12)4-5-13(10)19-16(22)15-11-8-18-7-6-14(11)20-21-15/h1-3,13,18H,4-8H2,(H,19,22)(H,20,21). The van der Waals surface area contributed by atoms with Crippen LogP contribution in [-0.2, 0) is 19.4 Å². The Kier molecular flexibility index (Phi) is 3.39. The fourth-order valence-corrected chi connectivity index (χ4v) is 3.68. The number of aromatic amines is 1. The maximum Gasteiger partial charge on any atom is 0.272 e. The fourth-order valence-electron chi connectivity index (χ4n) is 3.40. The van der Waals surface area contributed by atoms with Gasteiger partial charge in [0.1, 0.15) is 0 Å². The number of amides is 1. The second-order valence-electron chi connectivity index (χ2n) is 5.83. The first-order chi connectivity index (χ1) is 10.7. The van der Waals surface area contributed by atoms with Gasteiger partial charge in [0.2, 0.25) is 0 Å². The monoisotopic (exact) mass is 316 g/mol. The molecule has 22 heavy (non-hydrogen) atoms. The fraction of sp³-hybridized carbons (Fsp3) is 0.375. The van der Waals surface area contributed by atoms with Crippen molar-refractivity contribution < 1.29 is 4.79 Å². The number of rotatable bonds is 2. The van der Waals surface area contributed by atoms with E-state index in [1.165, 1.54) is 0 Å². The number of nitrogens with one attached hydrogen (secondary N) is 3. The molecule has 1 amide bonds. The van der Waals surface area contributed by atoms with Gasteiger partial charge in [-0.15, -0.1) is 0 Å². The molecule has 1 aromatic heterocycles. The van der Waals surface area contributed by atoms with Gasteiger partial charge in [-0.25, -0.2) is 0 Å². The van der Waals surface area contributed by atoms with E-state index in [0.29, 0.717) is 12.2 Å². The van der Waals surface area contributed by atoms with Crippen LogP contribution in [0.3, 0.4) is 0 Å². The van der Waals surface area contributed by atoms with Gasteiger partial charge in [-0.1, -0.05) is 23.7 Å². The molecule has 0 radical (unpaired) electrons. The predicted octanol–water partition coefficient (Wildman–Crippen LogP) is 2.13. The van der Waals surface area contributed by atoms with Gasteiger partial charge in [-0.05, 0) is 30.0 Å². The summed E-state index contributed by atoms with van der Waals surface area (Å²) in [6.07, 6.45) is 2.67. The summed E-state index contributed by atoms with van der Waals surface area (Å²) < 4.78 is 0. The van der Waals surface area contributed by atoms with Gasteiger partial charge in [0.25, 0.3) is 5.91 Å². The molecule has 3 N–H and O–H groups in total. The van der Waals surface area contributed by atoms with Gasteiger partial charge < -0.3 is 10.6 Å². The van der Waals surface area contributed by atoms with Crippen LogP contribution in [0.25, 0.3) is 0 Å². The van der Waals surface area contributed by atoms with Crippen LogP contribution >= 0.6 is 11.6 Å². The first kappa shape index (κ1) is 13.8. The lowest BCUT2D eigenvalue weighted by molar-refractivity contribution is 0.0930. The molecule has 6 heteroatoms. The van der Waals surface area contributed by atoms with E-state index in [0.717, 1.165) is 53.2 Å². The van der Waals surface area contributed by atoms with Gasteiger partial charge in [0.15, 0.2) is 5.69 Å². The van der Waals surface area contributed by atoms with Crippen molar-refractivity contribution in [2.75, 3.05) is 6.54 Å². The molecule has 0 spiro atoms. The summed E-state index contributed by atoms with van der Waals surface area (Å²) in [5.41, 5.74) is 4.85. The Hall–Kier alpha value is -1.85. The van der Waals surface area contributed by atoms with E-state index in [1.54, 1.807) is 0 Å². The number of H-pyrrole nitrogens is 1. The minimum Gasteiger partial charge on any atom is -0.344 e. The van der Waals surface area contributed by atoms with Crippen molar-refractivity contribution >= 4 is 17.5 Å². The Morgan fingerprint density at radius 1 is 1.32 bits per heavy atom. The predicted molar refractivity (Wildman–Crippen MR) is 84.0 cm³/mol. The molecule has 2 aromatic rings. The van der Waals surface area contributed by atoms with Crippen LogP contribution in [0.5, 0.6) is 0 Å². The average molecular weight is 317 g/mol. The molecule has 0 fully saturated rings. The van der Waals surface area contributed by atoms with Gasteiger partial charge in [0.05, 0.1) is 6.04 Å². The average Bonchev–Trinajstić information content (AvgIpc) is 3.12. The Morgan fingerprint density at radius 3 is 3.14 bits per heavy atom. The lowest BCUT2D eigenvalue weighted by Gasteiger charge is -2.16. The molecule has 0 saturated carbocycles. The van der Waals surface area contributed by atoms with Crippen LogP contribution in [0.15, 0.2) is 18.2 Å². The summed E-state index contributed by atoms with van der Waals surface area (Å²) in [5, 5.41) is 14.4. The summed E-state index contributed by atoms with van der Waals surface area (Å²) in [6, 6.07) is 5.90. The molecular formula is C16H17ClN4O. The summed E-state index contributed by atoms with van der Waals surface area (Å²) in [5.74, 6) is -0.112. The van der Waals surface area contributed by atoms with E-state index in [-0.39, 0.29) is 11.9 Å². The zero-order valence-corrected chi connectivity index (χ0v) is 12.8. The number of halogens is 1. The van der Waals surface area contributed by atoms with E-state index in [9.17, 15) is 4.79 Å². The van der Waals surface area contributed by atoms with E-state index >= 15 is 0 Å². The molecule has 1 unspecified atom stereocenters. The smallest absolute Gasteiger partial charge is 0.272 e. The molecule has 1 atom stereocenters. The molecule has 114 valence electrons. The van der Waals surface area contributed by atoms with Crippen LogP contribution in [-0.4, -0.2) is 22.6 Å². The van der Waals surface area contributed by atoms with E-state index in [4.69, 9.17) is 11.6 Å². The molecule has 2 aliphatic rings. The normalized spacial score (nSPS) is 19.6. The highest BCUT2D eigenvalue weighted by Crippen LogP contribution is 2.35. The molecule has 2 heterocycles. The van der Waals surface area contributed by atoms with Gasteiger partial charge in [0, 0.05) is 35.8 Å². The van der Waals surface area contributed by atoms with Crippen molar-refractivity contribution in [3.8, 4) is 0 Å². The summed E-state index contributed by atoms with van der Waals surface area (Å²) >= 11 is 6.23. The van der Waals surface area contributed by atoms with Crippen molar-refractivity contribution in [3.05, 3.63) is 51.3 Å². The third-order valence-corrected chi connectivity index (χ3v) is 4.89. The second kappa shape index (κ2) is 5.41. The van der Waals surface area contributed by atoms with Crippen LogP contribution in [0.4, 0.5) is 0 Å². The molecular weight excluding hydrogens is 300 g/mol. The van der Waals surface area contributed by atoms with Crippen molar-refractivity contribution in [3.63, 3.8) is 0 Å². The number of hydrogen-bond donors (Lipinski definition) is 3. The molecule has 0 bridgehead atoms. The van der Waals surface area contributed by atoms with Crippen LogP contribution in [0, 0.1) is 0 Å². The maximum absolute atomic E-state index is 12.6. The minimum atomic E-state index is -0.112. The number of aromatic nitrogens is 2. The third-order valence-electron chi connectivity index (χ3n) is 4.54. The highest BCUT2D eigenvalue weighted by molar-refractivity contribution is 6.31. The van der Waals surface area contributed by atoms with Gasteiger partial charge >= 0.3 is 0 Å². The molecule has 4 rings (SSSR count). The van der Waals surface area contributed by atoms with Crippen LogP contribution in [0.2, 0.25) is 5.02 Å². The highest BCUT2D eigenvalue weighted by Gasteiger charge is 2.28. The highest BCUT2D eigenvalue weighted by atomic mass is 35.5. The molecule has 1 aliphatic carbocycles. The largest absolute Gasteiger partial charge is 0.344 e. The van der Waals surface area contributed by atoms with E-state index in [1.807, 2.05) is 18.2 Å². The second-order valence-corrected chi connectivity index (χ2v) is 6.24. The lowest BCUT2D eigenvalue weighted by atomic mass is 10.1. The number of nitrogens with zero attached hydrogens (tertiary/aromatic N) is 1. The van der Waals surface area contributed by atoms with Crippen LogP contribution in [0.1, 0.15) is 45.3 Å². The summed E-state index contributed by atoms with van der Waals surface area (Å²) in [4.78, 5) is 12.6. The number of carbonyl (C=O) groups is 1. The number of benzene rings is 1. The summed E-state index contributed by atoms with van der Waals surface area (Å²) in [7, 11) is 0. The Labute approximate surface area is 133 Å². The van der Waals surface area contributed by atoms with Gasteiger partial charge in [-0.3, -0.25) is 9.89 Å². The zero-order chi connectivity index (χ0) is 15.1. The minimum absolute atomic E-state index is 0.0186. The van der Waals surface area contributed by atoms with Crippen molar-refractivity contribution in [1.29, 1.82) is 0 Å². The lowest BCUT2D eigenvalue weighted by Crippen LogP contribution is -2.30. The Balaban J connectivity index is 1.57. The Bertz CT molecular complexity index is 740. The molecule has 1 aromatic carbocycles. The molecule has 1 aliphatic heterocycles. The number of carbonyl (C=O) groups excluding carboxylic acids is 1.